The molecule has 0 aliphatic carbocycles. The van der Waals surface area contributed by atoms with Gasteiger partial charge in [0.1, 0.15) is 11.4 Å². The van der Waals surface area contributed by atoms with Gasteiger partial charge in [0.05, 0.1) is 6.10 Å². The van der Waals surface area contributed by atoms with Crippen LogP contribution in [0.2, 0.25) is 0 Å². The van der Waals surface area contributed by atoms with Gasteiger partial charge in [-0.05, 0) is 57.7 Å². The van der Waals surface area contributed by atoms with Gasteiger partial charge in [-0.15, -0.1) is 0 Å². The summed E-state index contributed by atoms with van der Waals surface area (Å²) in [6.07, 6.45) is 5.38. The van der Waals surface area contributed by atoms with Crippen LogP contribution in [0.1, 0.15) is 47.3 Å². The fraction of sp³-hybridized carbons (Fsp3) is 0.520. The van der Waals surface area contributed by atoms with Crippen LogP contribution < -0.4 is 5.43 Å². The minimum absolute atomic E-state index is 0.0321. The van der Waals surface area contributed by atoms with Crippen molar-refractivity contribution in [3.05, 3.63) is 69.4 Å². The predicted octanol–water partition coefficient (Wildman–Crippen LogP) is 3.36. The van der Waals surface area contributed by atoms with E-state index in [9.17, 15) is 14.0 Å². The number of aromatic nitrogens is 1. The maximum atomic E-state index is 14.0. The van der Waals surface area contributed by atoms with Crippen LogP contribution in [0, 0.1) is 18.7 Å². The highest BCUT2D eigenvalue weighted by Gasteiger charge is 2.29. The van der Waals surface area contributed by atoms with Gasteiger partial charge < -0.3 is 14.6 Å². The number of halogens is 1. The summed E-state index contributed by atoms with van der Waals surface area (Å²) >= 11 is 0. The summed E-state index contributed by atoms with van der Waals surface area (Å²) in [7, 11) is 0. The van der Waals surface area contributed by atoms with Gasteiger partial charge in [0.15, 0.2) is 5.43 Å². The Kier molecular flexibility index (Phi) is 7.37. The Morgan fingerprint density at radius 1 is 1.22 bits per heavy atom. The van der Waals surface area contributed by atoms with Gasteiger partial charge >= 0.3 is 0 Å². The number of carbonyl (C=O) groups excluding carboxylic acids is 1. The average molecular weight is 442 g/mol. The highest BCUT2D eigenvalue weighted by molar-refractivity contribution is 5.93. The number of rotatable bonds is 7. The molecule has 2 aliphatic heterocycles. The third kappa shape index (κ3) is 5.64. The Morgan fingerprint density at radius 3 is 2.69 bits per heavy atom. The largest absolute Gasteiger partial charge is 0.376 e. The smallest absolute Gasteiger partial charge is 0.259 e. The van der Waals surface area contributed by atoms with Crippen LogP contribution in [0.15, 0.2) is 41.3 Å². The molecular weight excluding hydrogens is 409 g/mol. The molecule has 2 fully saturated rings. The number of benzene rings is 1. The molecule has 0 spiro atoms. The fourth-order valence-corrected chi connectivity index (χ4v) is 4.69. The molecule has 2 saturated heterocycles. The van der Waals surface area contributed by atoms with E-state index in [0.29, 0.717) is 25.6 Å². The first-order chi connectivity index (χ1) is 15.5. The second-order valence-corrected chi connectivity index (χ2v) is 9.05. The third-order valence-corrected chi connectivity index (χ3v) is 6.56. The molecule has 1 atom stereocenters. The highest BCUT2D eigenvalue weighted by Crippen LogP contribution is 2.23. The van der Waals surface area contributed by atoms with Crippen molar-refractivity contribution in [1.29, 1.82) is 0 Å². The number of H-pyrrole nitrogens is 1. The van der Waals surface area contributed by atoms with Gasteiger partial charge in [-0.2, -0.15) is 0 Å². The summed E-state index contributed by atoms with van der Waals surface area (Å²) in [5.41, 5.74) is 1.40. The van der Waals surface area contributed by atoms with E-state index in [-0.39, 0.29) is 28.8 Å². The van der Waals surface area contributed by atoms with Crippen LogP contribution in [0.4, 0.5) is 4.39 Å². The second-order valence-electron chi connectivity index (χ2n) is 9.05. The molecule has 4 rings (SSSR count). The molecule has 0 radical (unpaired) electrons. The Hall–Kier alpha value is -2.51. The van der Waals surface area contributed by atoms with E-state index < -0.39 is 0 Å². The number of likely N-dealkylation sites (tertiary alicyclic amines) is 1. The normalized spacial score (nSPS) is 19.9. The lowest BCUT2D eigenvalue weighted by Gasteiger charge is -2.35. The minimum Gasteiger partial charge on any atom is -0.376 e. The monoisotopic (exact) mass is 441 g/mol. The number of hydrogen-bond acceptors (Lipinski definition) is 4. The zero-order valence-corrected chi connectivity index (χ0v) is 18.7. The number of ether oxygens (including phenoxy) is 1. The van der Waals surface area contributed by atoms with E-state index in [1.807, 2.05) is 17.0 Å². The van der Waals surface area contributed by atoms with E-state index in [1.54, 1.807) is 13.0 Å². The number of nitrogens with one attached hydrogen (secondary N) is 1. The van der Waals surface area contributed by atoms with Crippen LogP contribution in [-0.2, 0) is 11.3 Å². The summed E-state index contributed by atoms with van der Waals surface area (Å²) in [4.78, 5) is 32.8. The number of hydrogen-bond donors (Lipinski definition) is 1. The molecule has 1 N–H and O–H groups in total. The molecule has 6 nitrogen and oxygen atoms in total. The quantitative estimate of drug-likeness (QED) is 0.716. The zero-order chi connectivity index (χ0) is 22.5. The van der Waals surface area contributed by atoms with Crippen LogP contribution in [0.3, 0.4) is 0 Å². The molecule has 7 heteroatoms. The topological polar surface area (TPSA) is 65.6 Å². The van der Waals surface area contributed by atoms with Gasteiger partial charge in [-0.1, -0.05) is 18.2 Å². The van der Waals surface area contributed by atoms with E-state index >= 15 is 0 Å². The molecule has 3 heterocycles. The molecule has 1 unspecified atom stereocenters. The number of nitrogens with zero attached hydrogens (tertiary/aromatic N) is 2. The van der Waals surface area contributed by atoms with Crippen molar-refractivity contribution in [1.82, 2.24) is 14.8 Å². The summed E-state index contributed by atoms with van der Waals surface area (Å²) in [6.45, 7) is 6.00. The van der Waals surface area contributed by atoms with Crippen LogP contribution in [0.5, 0.6) is 0 Å². The molecule has 1 aromatic heterocycles. The molecule has 2 aliphatic rings. The SMILES string of the molecule is Cc1cc(=O)c(C(=O)N(CC2CCN(Cc3ccccc3F)CC2)CC2CCCO2)c[nH]1. The van der Waals surface area contributed by atoms with Gasteiger partial charge in [0.2, 0.25) is 0 Å². The van der Waals surface area contributed by atoms with Crippen molar-refractivity contribution in [3.63, 3.8) is 0 Å². The summed E-state index contributed by atoms with van der Waals surface area (Å²) in [6, 6.07) is 8.39. The first kappa shape index (κ1) is 22.7. The maximum Gasteiger partial charge on any atom is 0.259 e. The lowest BCUT2D eigenvalue weighted by Crippen LogP contribution is -2.44. The summed E-state index contributed by atoms with van der Waals surface area (Å²) in [5.74, 6) is -0.0384. The van der Waals surface area contributed by atoms with Crippen LogP contribution >= 0.6 is 0 Å². The van der Waals surface area contributed by atoms with E-state index in [1.165, 1.54) is 18.3 Å². The predicted molar refractivity (Wildman–Crippen MR) is 121 cm³/mol. The van der Waals surface area contributed by atoms with Gasteiger partial charge in [0.25, 0.3) is 5.91 Å². The Bertz CT molecular complexity index is 978. The maximum absolute atomic E-state index is 14.0. The van der Waals surface area contributed by atoms with Crippen molar-refractivity contribution < 1.29 is 13.9 Å². The van der Waals surface area contributed by atoms with Crippen molar-refractivity contribution in [2.24, 2.45) is 5.92 Å². The van der Waals surface area contributed by atoms with Crippen LogP contribution in [-0.4, -0.2) is 59.6 Å². The lowest BCUT2D eigenvalue weighted by atomic mass is 9.95. The third-order valence-electron chi connectivity index (χ3n) is 6.56. The average Bonchev–Trinajstić information content (AvgIpc) is 3.29. The Labute approximate surface area is 188 Å². The molecule has 0 bridgehead atoms. The standard InChI is InChI=1S/C25H32FN3O3/c1-18-13-24(30)22(14-27-18)25(31)29(17-21-6-4-12-32-21)15-19-8-10-28(11-9-19)16-20-5-2-3-7-23(20)26/h2-3,5,7,13-14,19,21H,4,6,8-12,15-17H2,1H3,(H,27,30). The molecular formula is C25H32FN3O3. The van der Waals surface area contributed by atoms with Gasteiger partial charge in [-0.25, -0.2) is 4.39 Å². The zero-order valence-electron chi connectivity index (χ0n) is 18.7. The number of aryl methyl sites for hydroxylation is 1. The van der Waals surface area contributed by atoms with Crippen molar-refractivity contribution in [3.8, 4) is 0 Å². The second kappa shape index (κ2) is 10.4. The number of aromatic amines is 1. The molecule has 1 aromatic carbocycles. The molecule has 2 aromatic rings. The van der Waals surface area contributed by atoms with Crippen molar-refractivity contribution in [2.75, 3.05) is 32.8 Å². The fourth-order valence-electron chi connectivity index (χ4n) is 4.69. The summed E-state index contributed by atoms with van der Waals surface area (Å²) in [5, 5.41) is 0. The first-order valence-corrected chi connectivity index (χ1v) is 11.6. The number of amides is 1. The number of piperidine rings is 1. The number of carbonyl (C=O) groups is 1. The van der Waals surface area contributed by atoms with E-state index in [2.05, 4.69) is 9.88 Å². The highest BCUT2D eigenvalue weighted by atomic mass is 19.1. The molecule has 1 amide bonds. The minimum atomic E-state index is -0.247. The van der Waals surface area contributed by atoms with Crippen molar-refractivity contribution in [2.45, 2.75) is 45.3 Å². The van der Waals surface area contributed by atoms with E-state index in [0.717, 1.165) is 56.6 Å². The van der Waals surface area contributed by atoms with Crippen LogP contribution in [0.25, 0.3) is 0 Å². The number of pyridine rings is 1. The van der Waals surface area contributed by atoms with Gasteiger partial charge in [0, 0.05) is 49.8 Å². The first-order valence-electron chi connectivity index (χ1n) is 11.6. The summed E-state index contributed by atoms with van der Waals surface area (Å²) < 4.78 is 19.8. The Morgan fingerprint density at radius 2 is 2.00 bits per heavy atom. The lowest BCUT2D eigenvalue weighted by molar-refractivity contribution is 0.0443. The molecule has 32 heavy (non-hydrogen) atoms. The Balaban J connectivity index is 1.39. The van der Waals surface area contributed by atoms with Gasteiger partial charge in [-0.3, -0.25) is 14.5 Å². The molecule has 172 valence electrons. The van der Waals surface area contributed by atoms with E-state index in [4.69, 9.17) is 4.74 Å². The van der Waals surface area contributed by atoms with Crippen molar-refractivity contribution >= 4 is 5.91 Å². The molecule has 0 saturated carbocycles.